The van der Waals surface area contributed by atoms with Crippen molar-refractivity contribution in [3.8, 4) is 84.7 Å². The molecule has 0 radical (unpaired) electrons. The highest BCUT2D eigenvalue weighted by Crippen LogP contribution is 2.38. The maximum absolute atomic E-state index is 9.28. The molecule has 0 saturated carbocycles. The third-order valence-electron chi connectivity index (χ3n) is 15.6. The Bertz CT molecular complexity index is 4590. The third kappa shape index (κ3) is 13.7. The second kappa shape index (κ2) is 27.6. The number of para-hydroxylation sites is 2. The minimum Gasteiger partial charge on any atom is -0.496 e. The number of hydrogen-bond acceptors (Lipinski definition) is 14. The van der Waals surface area contributed by atoms with Crippen LogP contribution in [-0.4, -0.2) is 124 Å². The number of amidine groups is 1. The van der Waals surface area contributed by atoms with Crippen molar-refractivity contribution in [3.05, 3.63) is 205 Å². The second-order valence-corrected chi connectivity index (χ2v) is 28.4. The lowest BCUT2D eigenvalue weighted by molar-refractivity contribution is 0.0680. The number of pyridine rings is 3. The Hall–Kier alpha value is -10.7. The van der Waals surface area contributed by atoms with Crippen molar-refractivity contribution in [3.63, 3.8) is 0 Å². The van der Waals surface area contributed by atoms with Gasteiger partial charge < -0.3 is 28.6 Å². The number of aromatic amines is 2. The number of methoxy groups -OCH3 is 3. The molecule has 0 atom stereocenters. The monoisotopic (exact) mass is 1210 g/mol. The first-order valence-electron chi connectivity index (χ1n) is 29.5. The molecular formula is C71H69N13O5Si. The number of ether oxygens (including phenoxy) is 5. The fraction of sp³-hybridized carbons (Fsp3) is 0.197. The van der Waals surface area contributed by atoms with Gasteiger partial charge in [0.1, 0.15) is 29.8 Å². The van der Waals surface area contributed by atoms with E-state index < -0.39 is 8.07 Å². The minimum atomic E-state index is -1.17. The van der Waals surface area contributed by atoms with Crippen LogP contribution in [-0.2, 0) is 20.9 Å². The van der Waals surface area contributed by atoms with Gasteiger partial charge in [0.2, 0.25) is 5.90 Å². The van der Waals surface area contributed by atoms with Gasteiger partial charge in [0.25, 0.3) is 0 Å². The number of hydrogen-bond donors (Lipinski definition) is 4. The number of fused-ring (bicyclic) bond motifs is 3. The van der Waals surface area contributed by atoms with Crippen molar-refractivity contribution in [1.29, 1.82) is 16.1 Å². The predicted octanol–water partition coefficient (Wildman–Crippen LogP) is 14.5. The van der Waals surface area contributed by atoms with E-state index in [0.717, 1.165) is 125 Å². The van der Waals surface area contributed by atoms with Crippen LogP contribution in [0.5, 0.6) is 11.5 Å². The van der Waals surface area contributed by atoms with E-state index in [0.29, 0.717) is 54.8 Å². The molecule has 1 fully saturated rings. The number of aryl methyl sites for hydroxylation is 1. The van der Waals surface area contributed by atoms with Crippen LogP contribution in [0.4, 0.5) is 0 Å². The summed E-state index contributed by atoms with van der Waals surface area (Å²) in [6.07, 6.45) is 5.46. The van der Waals surface area contributed by atoms with Crippen molar-refractivity contribution in [2.24, 2.45) is 0 Å². The lowest BCUT2D eigenvalue weighted by Gasteiger charge is -2.29. The molecule has 452 valence electrons. The van der Waals surface area contributed by atoms with E-state index in [9.17, 15) is 5.26 Å². The molecule has 13 rings (SSSR count). The molecule has 1 aliphatic heterocycles. The average Bonchev–Trinajstić information content (AvgIpc) is 2.40. The van der Waals surface area contributed by atoms with Gasteiger partial charge in [-0.15, -0.1) is 0 Å². The second-order valence-electron chi connectivity index (χ2n) is 22.7. The maximum Gasteiger partial charge on any atom is 0.212 e. The molecule has 0 bridgehead atoms. The first kappa shape index (κ1) is 61.0. The smallest absolute Gasteiger partial charge is 0.212 e. The van der Waals surface area contributed by atoms with Crippen molar-refractivity contribution in [2.75, 3.05) is 54.2 Å². The highest BCUT2D eigenvalue weighted by molar-refractivity contribution is 6.76. The molecule has 7 heterocycles. The summed E-state index contributed by atoms with van der Waals surface area (Å²) >= 11 is 0. The van der Waals surface area contributed by atoms with Gasteiger partial charge in [-0.25, -0.2) is 19.6 Å². The van der Waals surface area contributed by atoms with Gasteiger partial charge in [0.05, 0.1) is 57.6 Å². The zero-order chi connectivity index (χ0) is 62.7. The normalized spacial score (nSPS) is 12.2. The van der Waals surface area contributed by atoms with Crippen LogP contribution in [0.2, 0.25) is 25.7 Å². The molecule has 12 aromatic rings. The summed E-state index contributed by atoms with van der Waals surface area (Å²) in [6.45, 7) is 13.0. The number of nitriles is 1. The van der Waals surface area contributed by atoms with Crippen LogP contribution in [0.1, 0.15) is 22.3 Å². The zero-order valence-electron chi connectivity index (χ0n) is 51.3. The Balaban J connectivity index is 0.000000140. The number of morpholine rings is 1. The van der Waals surface area contributed by atoms with E-state index in [1.54, 1.807) is 26.5 Å². The first-order valence-corrected chi connectivity index (χ1v) is 33.2. The lowest BCUT2D eigenvalue weighted by Crippen LogP contribution is -2.40. The summed E-state index contributed by atoms with van der Waals surface area (Å²) in [7, 11) is 3.63. The molecule has 6 aromatic carbocycles. The SMILES string of the molecule is COC(=N)c1cccc(-c2cnc3n[nH]c(-c4ccccc4OC)c3c2)c1.COc1ccccc1-c1nn(COCC[Si](C)(C)C)c2ncc(-c3cccc(C#N)c3)cc12.Cc1ccccc1-c1[nH]nc2ncc(-c3cccc(C(=N)N4CCOCC4)c3)cc12. The van der Waals surface area contributed by atoms with E-state index >= 15 is 0 Å². The largest absolute Gasteiger partial charge is 0.496 e. The average molecular weight is 1210 g/mol. The lowest BCUT2D eigenvalue weighted by atomic mass is 10.00. The Morgan fingerprint density at radius 1 is 0.600 bits per heavy atom. The molecule has 4 N–H and O–H groups in total. The molecular weight excluding hydrogens is 1140 g/mol. The fourth-order valence-corrected chi connectivity index (χ4v) is 11.4. The molecule has 0 amide bonds. The topological polar surface area (TPSA) is 235 Å². The molecule has 1 saturated heterocycles. The highest BCUT2D eigenvalue weighted by atomic mass is 28.3. The van der Waals surface area contributed by atoms with Gasteiger partial charge in [0.15, 0.2) is 16.9 Å². The number of nitrogens with zero attached hydrogens (tertiary/aromatic N) is 9. The summed E-state index contributed by atoms with van der Waals surface area (Å²) in [5, 5.41) is 48.4. The number of H-pyrrole nitrogens is 2. The summed E-state index contributed by atoms with van der Waals surface area (Å²) in [6, 6.07) is 56.7. The first-order chi connectivity index (χ1) is 43.8. The van der Waals surface area contributed by atoms with Crippen molar-refractivity contribution in [2.45, 2.75) is 39.3 Å². The van der Waals surface area contributed by atoms with Crippen molar-refractivity contribution < 1.29 is 23.7 Å². The number of aromatic nitrogens is 9. The van der Waals surface area contributed by atoms with E-state index in [2.05, 4.69) is 104 Å². The Morgan fingerprint density at radius 3 is 1.74 bits per heavy atom. The molecule has 0 unspecified atom stereocenters. The Labute approximate surface area is 523 Å². The van der Waals surface area contributed by atoms with Crippen LogP contribution in [0.15, 0.2) is 182 Å². The zero-order valence-corrected chi connectivity index (χ0v) is 52.3. The molecule has 0 spiro atoms. The highest BCUT2D eigenvalue weighted by Gasteiger charge is 2.21. The third-order valence-corrected chi connectivity index (χ3v) is 17.3. The van der Waals surface area contributed by atoms with E-state index in [4.69, 9.17) is 44.6 Å². The molecule has 90 heavy (non-hydrogen) atoms. The van der Waals surface area contributed by atoms with Gasteiger partial charge >= 0.3 is 0 Å². The molecule has 19 heteroatoms. The van der Waals surface area contributed by atoms with Crippen molar-refractivity contribution >= 4 is 52.9 Å². The van der Waals surface area contributed by atoms with Gasteiger partial charge in [-0.1, -0.05) is 111 Å². The quantitative estimate of drug-likeness (QED) is 0.0324. The van der Waals surface area contributed by atoms with Crippen LogP contribution in [0, 0.1) is 29.1 Å². The standard InChI is InChI=1S/C26H28N4O2Si.C24H23N5O.C21H18N4O2/c1-31-24-11-6-5-10-22(24)25-23-15-21(20-9-7-8-19(14-20)16-27)17-28-26(23)30(29-25)18-32-12-13-33(2,3)4;1-16-5-2-3-8-20(16)22-21-14-19(15-26-24(21)28-27-22)17-6-4-7-18(13-17)23(25)29-9-11-30-12-10-29;1-26-18-9-4-3-8-16(18)19-17-11-15(12-23-21(17)25-24-19)13-6-5-7-14(10-13)20(22)27-2/h5-11,14-15,17H,12-13,18H2,1-4H3;2-8,13-15,25H,9-12H2,1H3,(H,26,27,28);3-12,22H,1-2H3,(H,23,24,25). The van der Waals surface area contributed by atoms with E-state index in [-0.39, 0.29) is 5.90 Å². The Morgan fingerprint density at radius 2 is 1.13 bits per heavy atom. The Kier molecular flexibility index (Phi) is 18.7. The van der Waals surface area contributed by atoms with Crippen molar-refractivity contribution in [1.82, 2.24) is 50.0 Å². The summed E-state index contributed by atoms with van der Waals surface area (Å²) in [5.74, 6) is 2.19. The van der Waals surface area contributed by atoms with Gasteiger partial charge in [-0.2, -0.15) is 20.6 Å². The summed E-state index contributed by atoms with van der Waals surface area (Å²) < 4.78 is 29.3. The number of nitrogens with one attached hydrogen (secondary N) is 4. The van der Waals surface area contributed by atoms with Gasteiger partial charge in [0, 0.05) is 107 Å². The summed E-state index contributed by atoms with van der Waals surface area (Å²) in [5.41, 5.74) is 16.9. The maximum atomic E-state index is 9.28. The summed E-state index contributed by atoms with van der Waals surface area (Å²) in [4.78, 5) is 15.9. The minimum absolute atomic E-state index is 0.129. The van der Waals surface area contributed by atoms with Crippen LogP contribution < -0.4 is 9.47 Å². The van der Waals surface area contributed by atoms with Crippen LogP contribution in [0.3, 0.4) is 0 Å². The van der Waals surface area contributed by atoms with E-state index in [1.807, 2.05) is 138 Å². The molecule has 18 nitrogen and oxygen atoms in total. The number of rotatable bonds is 15. The van der Waals surface area contributed by atoms with Crippen LogP contribution >= 0.6 is 0 Å². The van der Waals surface area contributed by atoms with Gasteiger partial charge in [-0.3, -0.25) is 21.0 Å². The van der Waals surface area contributed by atoms with Gasteiger partial charge in [-0.05, 0) is 108 Å². The number of benzene rings is 6. The predicted molar refractivity (Wildman–Crippen MR) is 358 cm³/mol. The molecule has 1 aliphatic rings. The fourth-order valence-electron chi connectivity index (χ4n) is 10.6. The molecule has 0 aliphatic carbocycles. The van der Waals surface area contributed by atoms with Crippen LogP contribution in [0.25, 0.3) is 100 Å². The van der Waals surface area contributed by atoms with E-state index in [1.165, 1.54) is 12.7 Å². The molecule has 6 aromatic heterocycles.